The number of imide groups is 1. The molecule has 29 heavy (non-hydrogen) atoms. The number of nitrogens with zero attached hydrogens (tertiary/aromatic N) is 4. The second-order valence-corrected chi connectivity index (χ2v) is 7.15. The van der Waals surface area contributed by atoms with E-state index in [4.69, 9.17) is 5.73 Å². The maximum atomic E-state index is 12.6. The third kappa shape index (κ3) is 4.76. The van der Waals surface area contributed by atoms with Crippen LogP contribution in [0.2, 0.25) is 0 Å². The Kier molecular flexibility index (Phi) is 5.88. The highest BCUT2D eigenvalue weighted by Gasteiger charge is 2.41. The molecule has 0 radical (unpaired) electrons. The number of rotatable bonds is 5. The van der Waals surface area contributed by atoms with Crippen LogP contribution in [0.5, 0.6) is 5.75 Å². The van der Waals surface area contributed by atoms with Gasteiger partial charge in [0.2, 0.25) is 11.8 Å². The number of non-ortho nitro benzene ring substituents is 1. The second kappa shape index (κ2) is 8.52. The summed E-state index contributed by atoms with van der Waals surface area (Å²) in [5.41, 5.74) is 6.39. The summed E-state index contributed by atoms with van der Waals surface area (Å²) in [5.74, 6) is -0.881. The SMILES string of the molecule is NC(=NN=Cc1ccc(O)cc1)S[C@H]1CC(=O)N(c2cccc([N+](=O)[O-])c2)C1=O. The number of hydrogen-bond acceptors (Lipinski definition) is 8. The van der Waals surface area contributed by atoms with Gasteiger partial charge in [-0.3, -0.25) is 19.7 Å². The molecule has 0 bridgehead atoms. The number of nitro benzene ring substituents is 1. The van der Waals surface area contributed by atoms with Crippen LogP contribution in [-0.4, -0.2) is 38.5 Å². The molecule has 0 saturated carbocycles. The van der Waals surface area contributed by atoms with Crippen LogP contribution in [0.15, 0.2) is 58.7 Å². The lowest BCUT2D eigenvalue weighted by Gasteiger charge is -2.14. The van der Waals surface area contributed by atoms with Crippen LogP contribution in [0.3, 0.4) is 0 Å². The van der Waals surface area contributed by atoms with E-state index in [1.807, 2.05) is 0 Å². The zero-order valence-corrected chi connectivity index (χ0v) is 15.7. The lowest BCUT2D eigenvalue weighted by atomic mass is 10.2. The van der Waals surface area contributed by atoms with Crippen LogP contribution in [0, 0.1) is 10.1 Å². The van der Waals surface area contributed by atoms with E-state index >= 15 is 0 Å². The number of anilines is 1. The minimum Gasteiger partial charge on any atom is -0.508 e. The fourth-order valence-electron chi connectivity index (χ4n) is 2.60. The number of hydrogen-bond donors (Lipinski definition) is 2. The van der Waals surface area contributed by atoms with E-state index in [0.717, 1.165) is 16.7 Å². The van der Waals surface area contributed by atoms with Gasteiger partial charge in [-0.1, -0.05) is 17.8 Å². The lowest BCUT2D eigenvalue weighted by molar-refractivity contribution is -0.384. The highest BCUT2D eigenvalue weighted by atomic mass is 32.2. The summed E-state index contributed by atoms with van der Waals surface area (Å²) in [6.07, 6.45) is 1.31. The molecule has 0 unspecified atom stereocenters. The van der Waals surface area contributed by atoms with Gasteiger partial charge >= 0.3 is 0 Å². The van der Waals surface area contributed by atoms with Crippen LogP contribution in [0.25, 0.3) is 0 Å². The van der Waals surface area contributed by atoms with E-state index in [1.165, 1.54) is 42.6 Å². The van der Waals surface area contributed by atoms with Gasteiger partial charge in [-0.05, 0) is 35.9 Å². The molecule has 10 nitrogen and oxygen atoms in total. The van der Waals surface area contributed by atoms with Crippen molar-refractivity contribution in [3.63, 3.8) is 0 Å². The number of nitrogens with two attached hydrogens (primary N) is 1. The normalized spacial score (nSPS) is 17.3. The number of aromatic hydroxyl groups is 1. The maximum Gasteiger partial charge on any atom is 0.271 e. The van der Waals surface area contributed by atoms with E-state index in [1.54, 1.807) is 12.1 Å². The Balaban J connectivity index is 1.68. The van der Waals surface area contributed by atoms with Crippen LogP contribution in [0.1, 0.15) is 12.0 Å². The van der Waals surface area contributed by atoms with Crippen LogP contribution in [0.4, 0.5) is 11.4 Å². The number of carbonyl (C=O) groups excluding carboxylic acids is 2. The number of amidine groups is 1. The van der Waals surface area contributed by atoms with Crippen molar-refractivity contribution in [1.82, 2.24) is 0 Å². The molecule has 3 N–H and O–H groups in total. The Morgan fingerprint density at radius 1 is 1.28 bits per heavy atom. The molecule has 2 amide bonds. The number of carbonyl (C=O) groups is 2. The minimum atomic E-state index is -0.797. The third-order valence-corrected chi connectivity index (χ3v) is 4.90. The minimum absolute atomic E-state index is 0.00734. The van der Waals surface area contributed by atoms with Crippen molar-refractivity contribution < 1.29 is 19.6 Å². The molecule has 1 saturated heterocycles. The summed E-state index contributed by atoms with van der Waals surface area (Å²) in [7, 11) is 0. The molecule has 1 aliphatic rings. The van der Waals surface area contributed by atoms with Gasteiger partial charge in [0.05, 0.1) is 16.8 Å². The Morgan fingerprint density at radius 2 is 2.00 bits per heavy atom. The fourth-order valence-corrected chi connectivity index (χ4v) is 3.41. The first-order chi connectivity index (χ1) is 13.8. The molecular formula is C18H15N5O5S. The Bertz CT molecular complexity index is 1020. The largest absolute Gasteiger partial charge is 0.508 e. The molecule has 0 aromatic heterocycles. The van der Waals surface area contributed by atoms with Gasteiger partial charge in [-0.25, -0.2) is 4.90 Å². The topological polar surface area (TPSA) is 151 Å². The number of nitro groups is 1. The molecule has 0 aliphatic carbocycles. The molecule has 1 heterocycles. The predicted octanol–water partition coefficient (Wildman–Crippen LogP) is 2.01. The van der Waals surface area contributed by atoms with Crippen molar-refractivity contribution in [1.29, 1.82) is 0 Å². The number of thioether (sulfide) groups is 1. The van der Waals surface area contributed by atoms with E-state index in [-0.39, 0.29) is 28.7 Å². The molecule has 2 aromatic rings. The average molecular weight is 413 g/mol. The summed E-state index contributed by atoms with van der Waals surface area (Å²) in [6, 6.07) is 11.6. The first-order valence-electron chi connectivity index (χ1n) is 8.28. The molecule has 11 heteroatoms. The van der Waals surface area contributed by atoms with Crippen molar-refractivity contribution >= 4 is 46.3 Å². The number of benzene rings is 2. The molecular weight excluding hydrogens is 398 g/mol. The highest BCUT2D eigenvalue weighted by Crippen LogP contribution is 2.31. The smallest absolute Gasteiger partial charge is 0.271 e. The standard InChI is InChI=1S/C18H15N5O5S/c19-18(21-20-10-11-4-6-14(24)7-5-11)29-15-9-16(25)22(17(15)26)12-2-1-3-13(8-12)23(27)28/h1-8,10,15,24H,9H2,(H2,19,21)/t15-/m0/s1. The van der Waals surface area contributed by atoms with E-state index < -0.39 is 22.0 Å². The van der Waals surface area contributed by atoms with Gasteiger partial charge < -0.3 is 10.8 Å². The van der Waals surface area contributed by atoms with Gasteiger partial charge in [0.25, 0.3) is 5.69 Å². The highest BCUT2D eigenvalue weighted by molar-refractivity contribution is 8.14. The average Bonchev–Trinajstić information content (AvgIpc) is 2.96. The molecule has 1 atom stereocenters. The Morgan fingerprint density at radius 3 is 2.69 bits per heavy atom. The van der Waals surface area contributed by atoms with Crippen molar-refractivity contribution in [2.24, 2.45) is 15.9 Å². The zero-order valence-electron chi connectivity index (χ0n) is 14.8. The molecule has 2 aromatic carbocycles. The quantitative estimate of drug-likeness (QED) is 0.250. The van der Waals surface area contributed by atoms with Crippen molar-refractivity contribution in [3.05, 3.63) is 64.2 Å². The van der Waals surface area contributed by atoms with Crippen molar-refractivity contribution in [2.75, 3.05) is 4.90 Å². The monoisotopic (exact) mass is 413 g/mol. The maximum absolute atomic E-state index is 12.6. The number of phenolic OH excluding ortho intramolecular Hbond substituents is 1. The third-order valence-electron chi connectivity index (χ3n) is 3.92. The number of amides is 2. The second-order valence-electron chi connectivity index (χ2n) is 5.93. The first kappa shape index (κ1) is 20.0. The molecule has 3 rings (SSSR count). The van der Waals surface area contributed by atoms with Crippen LogP contribution in [-0.2, 0) is 9.59 Å². The van der Waals surface area contributed by atoms with E-state index in [2.05, 4.69) is 10.2 Å². The van der Waals surface area contributed by atoms with Crippen LogP contribution < -0.4 is 10.6 Å². The van der Waals surface area contributed by atoms with Crippen molar-refractivity contribution in [3.8, 4) is 5.75 Å². The number of phenols is 1. The Labute approximate surface area is 168 Å². The van der Waals surface area contributed by atoms with E-state index in [9.17, 15) is 24.8 Å². The molecule has 1 aliphatic heterocycles. The van der Waals surface area contributed by atoms with Crippen LogP contribution >= 0.6 is 11.8 Å². The first-order valence-corrected chi connectivity index (χ1v) is 9.16. The van der Waals surface area contributed by atoms with Gasteiger partial charge in [0.1, 0.15) is 11.0 Å². The van der Waals surface area contributed by atoms with E-state index in [0.29, 0.717) is 5.56 Å². The summed E-state index contributed by atoms with van der Waals surface area (Å²) in [4.78, 5) is 36.1. The summed E-state index contributed by atoms with van der Waals surface area (Å²) in [5, 5.41) is 27.0. The van der Waals surface area contributed by atoms with Gasteiger partial charge in [0, 0.05) is 18.6 Å². The molecule has 148 valence electrons. The lowest BCUT2D eigenvalue weighted by Crippen LogP contribution is -2.31. The fraction of sp³-hybridized carbons (Fsp3) is 0.111. The van der Waals surface area contributed by atoms with Crippen molar-refractivity contribution in [2.45, 2.75) is 11.7 Å². The predicted molar refractivity (Wildman–Crippen MR) is 109 cm³/mol. The molecule has 1 fully saturated rings. The summed E-state index contributed by atoms with van der Waals surface area (Å²) < 4.78 is 0. The van der Waals surface area contributed by atoms with Gasteiger partial charge in [-0.15, -0.1) is 5.10 Å². The van der Waals surface area contributed by atoms with Gasteiger partial charge in [0.15, 0.2) is 5.17 Å². The van der Waals surface area contributed by atoms with Gasteiger partial charge in [-0.2, -0.15) is 5.10 Å². The Hall–Kier alpha value is -3.73. The summed E-state index contributed by atoms with van der Waals surface area (Å²) in [6.45, 7) is 0. The zero-order chi connectivity index (χ0) is 21.0. The summed E-state index contributed by atoms with van der Waals surface area (Å²) >= 11 is 0.894. The molecule has 0 spiro atoms.